The van der Waals surface area contributed by atoms with E-state index in [1.807, 2.05) is 5.38 Å². The van der Waals surface area contributed by atoms with Gasteiger partial charge in [0.05, 0.1) is 5.69 Å². The van der Waals surface area contributed by atoms with Gasteiger partial charge in [-0.1, -0.05) is 6.07 Å². The van der Waals surface area contributed by atoms with Crippen LogP contribution in [0.4, 0.5) is 5.13 Å². The Morgan fingerprint density at radius 1 is 1.43 bits per heavy atom. The molecule has 3 N–H and O–H groups in total. The van der Waals surface area contributed by atoms with E-state index in [1.165, 1.54) is 22.2 Å². The van der Waals surface area contributed by atoms with Gasteiger partial charge >= 0.3 is 0 Å². The number of nitrogens with zero attached hydrogens (tertiary/aromatic N) is 4. The van der Waals surface area contributed by atoms with Crippen LogP contribution in [0.1, 0.15) is 22.6 Å². The topological polar surface area (TPSA) is 98.2 Å². The summed E-state index contributed by atoms with van der Waals surface area (Å²) in [6, 6.07) is 5.31. The molecule has 0 spiro atoms. The van der Waals surface area contributed by atoms with E-state index in [4.69, 9.17) is 5.73 Å². The molecule has 8 heteroatoms. The molecular weight excluding hydrogens is 288 g/mol. The maximum Gasteiger partial charge on any atom is 0.270 e. The zero-order valence-electron chi connectivity index (χ0n) is 11.2. The van der Waals surface area contributed by atoms with Crippen molar-refractivity contribution in [1.82, 2.24) is 24.9 Å². The van der Waals surface area contributed by atoms with E-state index >= 15 is 0 Å². The van der Waals surface area contributed by atoms with Crippen molar-refractivity contribution in [1.29, 1.82) is 0 Å². The van der Waals surface area contributed by atoms with Crippen molar-refractivity contribution in [3.63, 3.8) is 0 Å². The minimum atomic E-state index is -0.163. The highest BCUT2D eigenvalue weighted by Gasteiger charge is 2.10. The van der Waals surface area contributed by atoms with Crippen molar-refractivity contribution in [2.75, 3.05) is 12.3 Å². The molecule has 0 aliphatic rings. The Kier molecular flexibility index (Phi) is 3.78. The Bertz CT molecular complexity index is 765. The van der Waals surface area contributed by atoms with Crippen molar-refractivity contribution in [2.24, 2.45) is 0 Å². The number of aryl methyl sites for hydroxylation is 1. The second kappa shape index (κ2) is 5.88. The van der Waals surface area contributed by atoms with Gasteiger partial charge in [0.15, 0.2) is 10.8 Å². The summed E-state index contributed by atoms with van der Waals surface area (Å²) in [4.78, 5) is 20.4. The molecule has 0 aliphatic carbocycles. The van der Waals surface area contributed by atoms with Gasteiger partial charge < -0.3 is 11.1 Å². The van der Waals surface area contributed by atoms with Crippen LogP contribution in [0, 0.1) is 0 Å². The fourth-order valence-corrected chi connectivity index (χ4v) is 2.61. The van der Waals surface area contributed by atoms with E-state index in [0.29, 0.717) is 23.0 Å². The Balaban J connectivity index is 1.56. The van der Waals surface area contributed by atoms with Crippen LogP contribution in [0.3, 0.4) is 0 Å². The molecule has 0 atom stereocenters. The number of nitrogen functional groups attached to an aromatic ring is 1. The molecule has 0 saturated heterocycles. The first-order valence-electron chi connectivity index (χ1n) is 6.51. The molecule has 0 unspecified atom stereocenters. The first-order valence-corrected chi connectivity index (χ1v) is 7.39. The van der Waals surface area contributed by atoms with Gasteiger partial charge in [0.2, 0.25) is 0 Å². The van der Waals surface area contributed by atoms with Gasteiger partial charge in [-0.15, -0.1) is 11.3 Å². The summed E-state index contributed by atoms with van der Waals surface area (Å²) in [6.45, 7) is 0.571. The molecule has 7 nitrogen and oxygen atoms in total. The maximum absolute atomic E-state index is 12.1. The molecule has 3 heterocycles. The lowest BCUT2D eigenvalue weighted by Crippen LogP contribution is -2.27. The quantitative estimate of drug-likeness (QED) is 0.688. The third-order valence-electron chi connectivity index (χ3n) is 3.00. The van der Waals surface area contributed by atoms with Gasteiger partial charge in [0, 0.05) is 11.9 Å². The molecule has 3 aromatic heterocycles. The smallest absolute Gasteiger partial charge is 0.270 e. The predicted octanol–water partition coefficient (Wildman–Crippen LogP) is 1.13. The standard InChI is InChI=1S/C13H14N6OS/c14-13-18-9(7-21-13)3-2-6-15-12(20)10-4-1-5-11-16-8-17-19(10)11/h1,4-5,7-8H,2-3,6H2,(H2,14,18)(H,15,20). The van der Waals surface area contributed by atoms with Crippen molar-refractivity contribution >= 4 is 28.0 Å². The van der Waals surface area contributed by atoms with Crippen LogP contribution in [0.25, 0.3) is 5.65 Å². The molecule has 3 aromatic rings. The van der Waals surface area contributed by atoms with E-state index in [0.717, 1.165) is 18.5 Å². The number of rotatable bonds is 5. The fourth-order valence-electron chi connectivity index (χ4n) is 2.02. The van der Waals surface area contributed by atoms with Gasteiger partial charge in [0.25, 0.3) is 5.91 Å². The molecule has 1 amide bonds. The van der Waals surface area contributed by atoms with Crippen molar-refractivity contribution < 1.29 is 4.79 Å². The first kappa shape index (κ1) is 13.5. The minimum Gasteiger partial charge on any atom is -0.375 e. The van der Waals surface area contributed by atoms with Crippen LogP contribution in [0.15, 0.2) is 29.9 Å². The molecule has 108 valence electrons. The summed E-state index contributed by atoms with van der Waals surface area (Å²) < 4.78 is 1.52. The van der Waals surface area contributed by atoms with Crippen LogP contribution in [0.2, 0.25) is 0 Å². The van der Waals surface area contributed by atoms with Gasteiger partial charge in [-0.2, -0.15) is 5.10 Å². The van der Waals surface area contributed by atoms with E-state index in [1.54, 1.807) is 18.2 Å². The lowest BCUT2D eigenvalue weighted by molar-refractivity contribution is 0.0945. The molecule has 3 rings (SSSR count). The van der Waals surface area contributed by atoms with Gasteiger partial charge in [0.1, 0.15) is 12.0 Å². The molecule has 0 radical (unpaired) electrons. The number of nitrogens with one attached hydrogen (secondary N) is 1. The predicted molar refractivity (Wildman–Crippen MR) is 80.2 cm³/mol. The highest BCUT2D eigenvalue weighted by molar-refractivity contribution is 7.13. The number of thiazole rings is 1. The van der Waals surface area contributed by atoms with Crippen LogP contribution < -0.4 is 11.1 Å². The Labute approximate surface area is 124 Å². The van der Waals surface area contributed by atoms with Crippen molar-refractivity contribution in [2.45, 2.75) is 12.8 Å². The number of anilines is 1. The average molecular weight is 302 g/mol. The number of carbonyl (C=O) groups is 1. The van der Waals surface area contributed by atoms with Crippen LogP contribution in [-0.2, 0) is 6.42 Å². The summed E-state index contributed by atoms with van der Waals surface area (Å²) in [7, 11) is 0. The highest BCUT2D eigenvalue weighted by atomic mass is 32.1. The van der Waals surface area contributed by atoms with Crippen molar-refractivity contribution in [3.05, 3.63) is 41.3 Å². The lowest BCUT2D eigenvalue weighted by atomic mass is 10.2. The minimum absolute atomic E-state index is 0.163. The number of pyridine rings is 1. The summed E-state index contributed by atoms with van der Waals surface area (Å²) in [6.07, 6.45) is 3.03. The second-order valence-corrected chi connectivity index (χ2v) is 5.37. The molecule has 0 fully saturated rings. The second-order valence-electron chi connectivity index (χ2n) is 4.48. The summed E-state index contributed by atoms with van der Waals surface area (Å²) in [5, 5.41) is 9.43. The van der Waals surface area contributed by atoms with Crippen molar-refractivity contribution in [3.8, 4) is 0 Å². The first-order chi connectivity index (χ1) is 10.2. The van der Waals surface area contributed by atoms with Gasteiger partial charge in [-0.25, -0.2) is 14.5 Å². The number of fused-ring (bicyclic) bond motifs is 1. The number of aromatic nitrogens is 4. The van der Waals surface area contributed by atoms with E-state index in [9.17, 15) is 4.79 Å². The monoisotopic (exact) mass is 302 g/mol. The zero-order valence-corrected chi connectivity index (χ0v) is 12.0. The lowest BCUT2D eigenvalue weighted by Gasteiger charge is -2.05. The Hall–Kier alpha value is -2.48. The SMILES string of the molecule is Nc1nc(CCCNC(=O)c2cccc3ncnn23)cs1. The normalized spacial score (nSPS) is 10.9. The van der Waals surface area contributed by atoms with Crippen LogP contribution in [-0.4, -0.2) is 32.0 Å². The molecular formula is C13H14N6OS. The highest BCUT2D eigenvalue weighted by Crippen LogP contribution is 2.12. The van der Waals surface area contributed by atoms with E-state index in [2.05, 4.69) is 20.4 Å². The molecule has 0 aliphatic heterocycles. The molecule has 0 bridgehead atoms. The number of carbonyl (C=O) groups excluding carboxylic acids is 1. The fraction of sp³-hybridized carbons (Fsp3) is 0.231. The van der Waals surface area contributed by atoms with Gasteiger partial charge in [-0.05, 0) is 25.0 Å². The maximum atomic E-state index is 12.1. The Morgan fingerprint density at radius 3 is 3.14 bits per heavy atom. The third kappa shape index (κ3) is 3.00. The zero-order chi connectivity index (χ0) is 14.7. The summed E-state index contributed by atoms with van der Waals surface area (Å²) in [5.41, 5.74) is 7.66. The molecule has 0 aromatic carbocycles. The number of hydrogen-bond acceptors (Lipinski definition) is 6. The van der Waals surface area contributed by atoms with Crippen LogP contribution in [0.5, 0.6) is 0 Å². The van der Waals surface area contributed by atoms with Crippen LogP contribution >= 0.6 is 11.3 Å². The number of hydrogen-bond donors (Lipinski definition) is 2. The molecule has 0 saturated carbocycles. The summed E-state index contributed by atoms with van der Waals surface area (Å²) in [5.74, 6) is -0.163. The van der Waals surface area contributed by atoms with E-state index in [-0.39, 0.29) is 5.91 Å². The average Bonchev–Trinajstić information content (AvgIpc) is 3.11. The Morgan fingerprint density at radius 2 is 2.33 bits per heavy atom. The number of amides is 1. The molecule has 21 heavy (non-hydrogen) atoms. The van der Waals surface area contributed by atoms with Gasteiger partial charge in [-0.3, -0.25) is 4.79 Å². The number of nitrogens with two attached hydrogens (primary N) is 1. The summed E-state index contributed by atoms with van der Waals surface area (Å²) >= 11 is 1.43. The largest absolute Gasteiger partial charge is 0.375 e. The van der Waals surface area contributed by atoms with E-state index < -0.39 is 0 Å². The third-order valence-corrected chi connectivity index (χ3v) is 3.72.